The fraction of sp³-hybridized carbons (Fsp3) is 0.0833. The third-order valence-electron chi connectivity index (χ3n) is 2.76. The topological polar surface area (TPSA) is 124 Å². The zero-order valence-electron chi connectivity index (χ0n) is 10.9. The van der Waals surface area contributed by atoms with Gasteiger partial charge in [0.15, 0.2) is 17.0 Å². The van der Waals surface area contributed by atoms with E-state index >= 15 is 0 Å². The van der Waals surface area contributed by atoms with Crippen LogP contribution in [0.15, 0.2) is 28.4 Å². The first-order valence-corrected chi connectivity index (χ1v) is 5.84. The smallest absolute Gasteiger partial charge is 0.347 e. The van der Waals surface area contributed by atoms with Gasteiger partial charge in [-0.05, 0) is 6.92 Å². The summed E-state index contributed by atoms with van der Waals surface area (Å²) < 4.78 is 2.50. The second kappa shape index (κ2) is 4.61. The summed E-state index contributed by atoms with van der Waals surface area (Å²) in [5.74, 6) is 5.43. The highest BCUT2D eigenvalue weighted by Crippen LogP contribution is 2.13. The number of nitrogens with two attached hydrogens (primary N) is 1. The number of nitrogens with zero attached hydrogens (tertiary/aromatic N) is 5. The Morgan fingerprint density at radius 3 is 2.81 bits per heavy atom. The molecule has 0 aliphatic heterocycles. The third kappa shape index (κ3) is 1.95. The molecule has 0 radical (unpaired) electrons. The quantitative estimate of drug-likeness (QED) is 0.548. The van der Waals surface area contributed by atoms with E-state index in [0.717, 1.165) is 4.68 Å². The summed E-state index contributed by atoms with van der Waals surface area (Å²) in [6.45, 7) is 1.59. The highest BCUT2D eigenvalue weighted by Gasteiger charge is 2.11. The second-order valence-corrected chi connectivity index (χ2v) is 4.04. The van der Waals surface area contributed by atoms with E-state index in [1.165, 1.54) is 23.5 Å². The Hall–Kier alpha value is -3.41. The number of nitrogen functional groups attached to an aromatic ring is 1. The monoisotopic (exact) mass is 283 g/mol. The van der Waals surface area contributed by atoms with E-state index in [4.69, 9.17) is 5.73 Å². The first kappa shape index (κ1) is 12.6. The van der Waals surface area contributed by atoms with Crippen LogP contribution in [0.25, 0.3) is 11.2 Å². The minimum atomic E-state index is -0.641. The van der Waals surface area contributed by atoms with Gasteiger partial charge in [-0.25, -0.2) is 29.1 Å². The molecule has 0 aromatic carbocycles. The maximum atomic E-state index is 12.0. The van der Waals surface area contributed by atoms with Gasteiger partial charge in [-0.2, -0.15) is 0 Å². The molecule has 3 rings (SSSR count). The normalized spacial score (nSPS) is 10.3. The van der Waals surface area contributed by atoms with Gasteiger partial charge >= 0.3 is 5.69 Å². The summed E-state index contributed by atoms with van der Waals surface area (Å²) in [7, 11) is 0. The SMILES string of the molecule is CC#Cc1cn(-n2cnc3c(N)ncnc32)c(=O)[nH]c1=O. The molecule has 0 amide bonds. The molecule has 104 valence electrons. The Morgan fingerprint density at radius 2 is 2.05 bits per heavy atom. The van der Waals surface area contributed by atoms with E-state index in [1.807, 2.05) is 0 Å². The van der Waals surface area contributed by atoms with Crippen LogP contribution in [0.2, 0.25) is 0 Å². The van der Waals surface area contributed by atoms with Gasteiger partial charge in [0.05, 0.1) is 6.20 Å². The Labute approximate surface area is 117 Å². The van der Waals surface area contributed by atoms with Crippen molar-refractivity contribution in [1.29, 1.82) is 0 Å². The van der Waals surface area contributed by atoms with Crippen molar-refractivity contribution in [2.45, 2.75) is 6.92 Å². The van der Waals surface area contributed by atoms with Crippen molar-refractivity contribution in [3.63, 3.8) is 0 Å². The Balaban J connectivity index is 2.35. The zero-order valence-corrected chi connectivity index (χ0v) is 10.9. The van der Waals surface area contributed by atoms with Gasteiger partial charge in [-0.3, -0.25) is 9.78 Å². The molecule has 3 N–H and O–H groups in total. The number of hydrogen-bond donors (Lipinski definition) is 2. The fourth-order valence-corrected chi connectivity index (χ4v) is 1.84. The molecule has 0 aliphatic rings. The van der Waals surface area contributed by atoms with Crippen LogP contribution in [0, 0.1) is 11.8 Å². The van der Waals surface area contributed by atoms with E-state index in [2.05, 4.69) is 31.8 Å². The predicted octanol–water partition coefficient (Wildman–Crippen LogP) is -1.06. The van der Waals surface area contributed by atoms with E-state index in [-0.39, 0.29) is 11.4 Å². The van der Waals surface area contributed by atoms with E-state index < -0.39 is 11.2 Å². The Kier molecular flexibility index (Phi) is 2.77. The Bertz CT molecular complexity index is 1020. The van der Waals surface area contributed by atoms with Crippen LogP contribution < -0.4 is 17.0 Å². The van der Waals surface area contributed by atoms with Crippen LogP contribution in [0.1, 0.15) is 12.5 Å². The van der Waals surface area contributed by atoms with Gasteiger partial charge in [-0.1, -0.05) is 5.92 Å². The first-order chi connectivity index (χ1) is 10.1. The maximum absolute atomic E-state index is 12.0. The van der Waals surface area contributed by atoms with Crippen molar-refractivity contribution in [3.8, 4) is 11.8 Å². The number of fused-ring (bicyclic) bond motifs is 1. The summed E-state index contributed by atoms with van der Waals surface area (Å²) in [6.07, 6.45) is 3.94. The van der Waals surface area contributed by atoms with Crippen LogP contribution in [0.3, 0.4) is 0 Å². The van der Waals surface area contributed by atoms with Gasteiger partial charge in [0.2, 0.25) is 0 Å². The van der Waals surface area contributed by atoms with Crippen molar-refractivity contribution >= 4 is 17.0 Å². The summed E-state index contributed by atoms with van der Waals surface area (Å²) in [5.41, 5.74) is 5.35. The molecule has 3 heterocycles. The molecule has 0 aliphatic carbocycles. The second-order valence-electron chi connectivity index (χ2n) is 4.04. The molecule has 0 saturated heterocycles. The summed E-state index contributed by atoms with van der Waals surface area (Å²) >= 11 is 0. The molecule has 21 heavy (non-hydrogen) atoms. The van der Waals surface area contributed by atoms with Crippen molar-refractivity contribution in [2.24, 2.45) is 0 Å². The molecular weight excluding hydrogens is 274 g/mol. The zero-order chi connectivity index (χ0) is 15.0. The number of nitrogens with one attached hydrogen (secondary N) is 1. The molecule has 3 aromatic heterocycles. The molecule has 3 aromatic rings. The lowest BCUT2D eigenvalue weighted by molar-refractivity contribution is 0.617. The molecule has 9 heteroatoms. The Morgan fingerprint density at radius 1 is 1.24 bits per heavy atom. The van der Waals surface area contributed by atoms with Crippen LogP contribution in [0.4, 0.5) is 5.82 Å². The highest BCUT2D eigenvalue weighted by atomic mass is 16.2. The third-order valence-corrected chi connectivity index (χ3v) is 2.76. The summed E-state index contributed by atoms with van der Waals surface area (Å²) in [5, 5.41) is 0. The fourth-order valence-electron chi connectivity index (χ4n) is 1.84. The van der Waals surface area contributed by atoms with Crippen LogP contribution in [-0.2, 0) is 0 Å². The molecule has 0 spiro atoms. The molecule has 0 fully saturated rings. The minimum absolute atomic E-state index is 0.154. The number of H-pyrrole nitrogens is 1. The molecule has 0 saturated carbocycles. The number of anilines is 1. The maximum Gasteiger partial charge on any atom is 0.347 e. The number of rotatable bonds is 1. The molecular formula is C12H9N7O2. The minimum Gasteiger partial charge on any atom is -0.382 e. The van der Waals surface area contributed by atoms with Gasteiger partial charge in [0, 0.05) is 0 Å². The first-order valence-electron chi connectivity index (χ1n) is 5.84. The van der Waals surface area contributed by atoms with Gasteiger partial charge in [0.1, 0.15) is 18.2 Å². The van der Waals surface area contributed by atoms with E-state index in [0.29, 0.717) is 11.2 Å². The number of imidazole rings is 1. The molecule has 9 nitrogen and oxygen atoms in total. The van der Waals surface area contributed by atoms with Crippen LogP contribution in [0.5, 0.6) is 0 Å². The largest absolute Gasteiger partial charge is 0.382 e. The average molecular weight is 283 g/mol. The van der Waals surface area contributed by atoms with Gasteiger partial charge < -0.3 is 5.73 Å². The molecule has 0 unspecified atom stereocenters. The van der Waals surface area contributed by atoms with E-state index in [9.17, 15) is 9.59 Å². The average Bonchev–Trinajstić information content (AvgIpc) is 2.87. The number of aromatic amines is 1. The lowest BCUT2D eigenvalue weighted by atomic mass is 10.3. The van der Waals surface area contributed by atoms with E-state index in [1.54, 1.807) is 6.92 Å². The van der Waals surface area contributed by atoms with Gasteiger partial charge in [-0.15, -0.1) is 5.92 Å². The van der Waals surface area contributed by atoms with Crippen molar-refractivity contribution in [3.05, 3.63) is 45.3 Å². The molecule has 0 atom stereocenters. The van der Waals surface area contributed by atoms with Crippen LogP contribution in [-0.4, -0.2) is 29.3 Å². The van der Waals surface area contributed by atoms with Crippen molar-refractivity contribution < 1.29 is 0 Å². The van der Waals surface area contributed by atoms with Crippen molar-refractivity contribution in [2.75, 3.05) is 5.73 Å². The van der Waals surface area contributed by atoms with Gasteiger partial charge in [0.25, 0.3) is 5.56 Å². The lowest BCUT2D eigenvalue weighted by Crippen LogP contribution is -2.34. The standard InChI is InChI=1S/C12H9N7O2/c1-2-3-7-4-18(12(21)17-11(7)20)19-6-16-8-9(13)14-5-15-10(8)19/h4-6H,1H3,(H2,13,14,15)(H,17,20,21). The van der Waals surface area contributed by atoms with Crippen molar-refractivity contribution in [1.82, 2.24) is 29.3 Å². The number of aromatic nitrogens is 6. The highest BCUT2D eigenvalue weighted by molar-refractivity contribution is 5.81. The number of hydrogen-bond acceptors (Lipinski definition) is 6. The summed E-state index contributed by atoms with van der Waals surface area (Å²) in [6, 6.07) is 0. The lowest BCUT2D eigenvalue weighted by Gasteiger charge is -2.06. The summed E-state index contributed by atoms with van der Waals surface area (Å²) in [4.78, 5) is 37.7. The van der Waals surface area contributed by atoms with Crippen LogP contribution >= 0.6 is 0 Å². The predicted molar refractivity (Wildman–Crippen MR) is 74.4 cm³/mol. The molecule has 0 bridgehead atoms.